The quantitative estimate of drug-likeness (QED) is 0.535. The smallest absolute Gasteiger partial charge is 0.161 e. The summed E-state index contributed by atoms with van der Waals surface area (Å²) in [6.07, 6.45) is 0.678. The van der Waals surface area contributed by atoms with Gasteiger partial charge in [-0.15, -0.1) is 0 Å². The van der Waals surface area contributed by atoms with E-state index in [1.54, 1.807) is 12.1 Å². The van der Waals surface area contributed by atoms with Crippen LogP contribution >= 0.6 is 0 Å². The monoisotopic (exact) mass is 250 g/mol. The van der Waals surface area contributed by atoms with Crippen molar-refractivity contribution in [2.75, 3.05) is 17.7 Å². The van der Waals surface area contributed by atoms with Gasteiger partial charge in [0.25, 0.3) is 0 Å². The molecule has 4 nitrogen and oxygen atoms in total. The summed E-state index contributed by atoms with van der Waals surface area (Å²) in [6.45, 7) is 5.83. The number of aliphatic hydroxyl groups is 1. The van der Waals surface area contributed by atoms with Crippen LogP contribution in [0, 0.1) is 5.92 Å². The summed E-state index contributed by atoms with van der Waals surface area (Å²) in [6, 6.07) is 5.53. The highest BCUT2D eigenvalue weighted by atomic mass is 16.3. The van der Waals surface area contributed by atoms with Crippen LogP contribution in [0.2, 0.25) is 0 Å². The first-order chi connectivity index (χ1) is 8.45. The third-order valence-corrected chi connectivity index (χ3v) is 3.03. The van der Waals surface area contributed by atoms with Crippen LogP contribution in [0.15, 0.2) is 18.2 Å². The molecule has 1 atom stereocenters. The van der Waals surface area contributed by atoms with E-state index in [0.717, 1.165) is 5.69 Å². The number of aliphatic hydroxyl groups excluding tert-OH is 1. The summed E-state index contributed by atoms with van der Waals surface area (Å²) in [5.41, 5.74) is 7.64. The molecule has 0 aliphatic carbocycles. The zero-order valence-electron chi connectivity index (χ0n) is 11.2. The van der Waals surface area contributed by atoms with Crippen LogP contribution in [0.3, 0.4) is 0 Å². The third kappa shape index (κ3) is 3.74. The molecule has 0 radical (unpaired) electrons. The standard InChI is InChI=1S/C14H22N2O2/c1-9(2)14(6-7-17)16-11-4-5-13(15)12(8-11)10(3)18/h4-5,8-9,14,16-17H,6-7,15H2,1-3H3. The van der Waals surface area contributed by atoms with Gasteiger partial charge < -0.3 is 16.2 Å². The molecule has 0 aliphatic rings. The topological polar surface area (TPSA) is 75.3 Å². The Kier molecular flexibility index (Phi) is 5.16. The van der Waals surface area contributed by atoms with E-state index in [4.69, 9.17) is 10.8 Å². The second-order valence-corrected chi connectivity index (χ2v) is 4.87. The largest absolute Gasteiger partial charge is 0.398 e. The van der Waals surface area contributed by atoms with Gasteiger partial charge in [0, 0.05) is 29.6 Å². The van der Waals surface area contributed by atoms with Gasteiger partial charge in [-0.05, 0) is 37.5 Å². The Balaban J connectivity index is 2.89. The average molecular weight is 250 g/mol. The van der Waals surface area contributed by atoms with Gasteiger partial charge in [-0.3, -0.25) is 4.79 Å². The minimum Gasteiger partial charge on any atom is -0.398 e. The van der Waals surface area contributed by atoms with E-state index >= 15 is 0 Å². The zero-order chi connectivity index (χ0) is 13.7. The van der Waals surface area contributed by atoms with Crippen LogP contribution < -0.4 is 11.1 Å². The molecule has 0 saturated carbocycles. The Morgan fingerprint density at radius 1 is 1.44 bits per heavy atom. The number of hydrogen-bond donors (Lipinski definition) is 3. The maximum Gasteiger partial charge on any atom is 0.161 e. The first-order valence-corrected chi connectivity index (χ1v) is 6.23. The number of nitrogens with two attached hydrogens (primary N) is 1. The van der Waals surface area contributed by atoms with Gasteiger partial charge in [-0.2, -0.15) is 0 Å². The minimum absolute atomic E-state index is 0.0422. The predicted octanol–water partition coefficient (Wildman–Crippen LogP) is 2.29. The van der Waals surface area contributed by atoms with E-state index in [2.05, 4.69) is 19.2 Å². The number of Topliss-reactive ketones (excluding diaryl/α,β-unsaturated/α-hetero) is 1. The van der Waals surface area contributed by atoms with E-state index in [9.17, 15) is 4.79 Å². The zero-order valence-corrected chi connectivity index (χ0v) is 11.2. The van der Waals surface area contributed by atoms with Crippen molar-refractivity contribution in [2.45, 2.75) is 33.2 Å². The van der Waals surface area contributed by atoms with Crippen LogP contribution in [0.4, 0.5) is 11.4 Å². The summed E-state index contributed by atoms with van der Waals surface area (Å²) in [5.74, 6) is 0.356. The second kappa shape index (κ2) is 6.40. The van der Waals surface area contributed by atoms with Crippen molar-refractivity contribution < 1.29 is 9.90 Å². The van der Waals surface area contributed by atoms with E-state index in [1.165, 1.54) is 6.92 Å². The summed E-state index contributed by atoms with van der Waals surface area (Å²) in [7, 11) is 0. The molecule has 100 valence electrons. The lowest BCUT2D eigenvalue weighted by Gasteiger charge is -2.23. The van der Waals surface area contributed by atoms with Gasteiger partial charge in [-0.25, -0.2) is 0 Å². The number of nitrogen functional groups attached to an aromatic ring is 1. The van der Waals surface area contributed by atoms with Crippen LogP contribution in [0.1, 0.15) is 37.6 Å². The van der Waals surface area contributed by atoms with Gasteiger partial charge in [0.2, 0.25) is 0 Å². The van der Waals surface area contributed by atoms with Gasteiger partial charge in [-0.1, -0.05) is 13.8 Å². The summed E-state index contributed by atoms with van der Waals surface area (Å²) >= 11 is 0. The Labute approximate surface area is 108 Å². The van der Waals surface area contributed by atoms with Gasteiger partial charge >= 0.3 is 0 Å². The molecule has 0 saturated heterocycles. The third-order valence-electron chi connectivity index (χ3n) is 3.03. The number of hydrogen-bond acceptors (Lipinski definition) is 4. The number of carbonyl (C=O) groups is 1. The van der Waals surface area contributed by atoms with Crippen LogP contribution in [-0.4, -0.2) is 23.5 Å². The molecule has 0 aliphatic heterocycles. The summed E-state index contributed by atoms with van der Waals surface area (Å²) in [5, 5.41) is 12.4. The molecular weight excluding hydrogens is 228 g/mol. The first-order valence-electron chi connectivity index (χ1n) is 6.23. The number of nitrogens with one attached hydrogen (secondary N) is 1. The van der Waals surface area contributed by atoms with Gasteiger partial charge in [0.05, 0.1) is 0 Å². The number of benzene rings is 1. The molecule has 4 heteroatoms. The molecule has 4 N–H and O–H groups in total. The number of ketones is 1. The molecule has 0 bridgehead atoms. The normalized spacial score (nSPS) is 12.5. The van der Waals surface area contributed by atoms with Crippen molar-refractivity contribution >= 4 is 17.2 Å². The molecule has 1 aromatic carbocycles. The Morgan fingerprint density at radius 2 is 2.11 bits per heavy atom. The minimum atomic E-state index is -0.0422. The van der Waals surface area contributed by atoms with Crippen molar-refractivity contribution in [2.24, 2.45) is 5.92 Å². The molecule has 0 amide bonds. The molecule has 0 aromatic heterocycles. The average Bonchev–Trinajstić information content (AvgIpc) is 2.30. The van der Waals surface area contributed by atoms with Crippen molar-refractivity contribution in [3.8, 4) is 0 Å². The lowest BCUT2D eigenvalue weighted by Crippen LogP contribution is -2.26. The van der Waals surface area contributed by atoms with Crippen molar-refractivity contribution in [3.05, 3.63) is 23.8 Å². The van der Waals surface area contributed by atoms with Crippen molar-refractivity contribution in [3.63, 3.8) is 0 Å². The van der Waals surface area contributed by atoms with Crippen molar-refractivity contribution in [1.29, 1.82) is 0 Å². The summed E-state index contributed by atoms with van der Waals surface area (Å²) in [4.78, 5) is 11.4. The number of anilines is 2. The lowest BCUT2D eigenvalue weighted by atomic mass is 10.0. The Hall–Kier alpha value is -1.55. The van der Waals surface area contributed by atoms with Gasteiger partial charge in [0.1, 0.15) is 0 Å². The highest BCUT2D eigenvalue weighted by molar-refractivity contribution is 6.00. The maximum absolute atomic E-state index is 11.4. The fourth-order valence-electron chi connectivity index (χ4n) is 1.88. The Bertz CT molecular complexity index is 416. The predicted molar refractivity (Wildman–Crippen MR) is 74.8 cm³/mol. The molecule has 1 rings (SSSR count). The maximum atomic E-state index is 11.4. The van der Waals surface area contributed by atoms with E-state index in [1.807, 2.05) is 6.07 Å². The van der Waals surface area contributed by atoms with Crippen LogP contribution in [0.5, 0.6) is 0 Å². The SMILES string of the molecule is CC(=O)c1cc(NC(CCO)C(C)C)ccc1N. The van der Waals surface area contributed by atoms with E-state index < -0.39 is 0 Å². The molecule has 18 heavy (non-hydrogen) atoms. The highest BCUT2D eigenvalue weighted by Gasteiger charge is 2.13. The number of carbonyl (C=O) groups excluding carboxylic acids is 1. The Morgan fingerprint density at radius 3 is 2.61 bits per heavy atom. The highest BCUT2D eigenvalue weighted by Crippen LogP contribution is 2.21. The van der Waals surface area contributed by atoms with E-state index in [0.29, 0.717) is 23.6 Å². The summed E-state index contributed by atoms with van der Waals surface area (Å²) < 4.78 is 0. The molecule has 1 unspecified atom stereocenters. The van der Waals surface area contributed by atoms with E-state index in [-0.39, 0.29) is 18.4 Å². The molecule has 0 heterocycles. The van der Waals surface area contributed by atoms with Gasteiger partial charge in [0.15, 0.2) is 5.78 Å². The van der Waals surface area contributed by atoms with Crippen LogP contribution in [-0.2, 0) is 0 Å². The second-order valence-electron chi connectivity index (χ2n) is 4.87. The molecule has 0 spiro atoms. The molecule has 0 fully saturated rings. The molecular formula is C14H22N2O2. The molecule has 1 aromatic rings. The first kappa shape index (κ1) is 14.5. The van der Waals surface area contributed by atoms with Crippen molar-refractivity contribution in [1.82, 2.24) is 0 Å². The lowest BCUT2D eigenvalue weighted by molar-refractivity contribution is 0.101. The fraction of sp³-hybridized carbons (Fsp3) is 0.500. The van der Waals surface area contributed by atoms with Crippen LogP contribution in [0.25, 0.3) is 0 Å². The fourth-order valence-corrected chi connectivity index (χ4v) is 1.88. The number of rotatable bonds is 6.